The average Bonchev–Trinajstić information content (AvgIpc) is 3.13. The number of carbonyl (C=O) groups excluding carboxylic acids is 1. The zero-order valence-electron chi connectivity index (χ0n) is 17.3. The first-order chi connectivity index (χ1) is 15.2. The summed E-state index contributed by atoms with van der Waals surface area (Å²) in [7, 11) is -3.74. The van der Waals surface area contributed by atoms with Crippen LogP contribution in [0.4, 0.5) is 0 Å². The first-order valence-electron chi connectivity index (χ1n) is 9.63. The van der Waals surface area contributed by atoms with Crippen LogP contribution in [-0.4, -0.2) is 36.3 Å². The molecule has 0 saturated carbocycles. The van der Waals surface area contributed by atoms with Crippen molar-refractivity contribution in [1.29, 1.82) is 0 Å². The molecule has 0 spiro atoms. The topological polar surface area (TPSA) is 71.7 Å². The van der Waals surface area contributed by atoms with Crippen molar-refractivity contribution >= 4 is 60.7 Å². The number of aryl methyl sites for hydroxylation is 1. The Labute approximate surface area is 200 Å². The van der Waals surface area contributed by atoms with Crippen molar-refractivity contribution in [3.63, 3.8) is 0 Å². The smallest absolute Gasteiger partial charge is 0.279 e. The monoisotopic (exact) mass is 509 g/mol. The Kier molecular flexibility index (Phi) is 7.74. The van der Waals surface area contributed by atoms with Crippen LogP contribution >= 0.6 is 34.5 Å². The highest BCUT2D eigenvalue weighted by Crippen LogP contribution is 2.32. The van der Waals surface area contributed by atoms with E-state index in [4.69, 9.17) is 23.2 Å². The van der Waals surface area contributed by atoms with Crippen molar-refractivity contribution < 1.29 is 13.2 Å². The third kappa shape index (κ3) is 4.74. The van der Waals surface area contributed by atoms with E-state index in [2.05, 4.69) is 18.2 Å². The highest BCUT2D eigenvalue weighted by Gasteiger charge is 2.22. The summed E-state index contributed by atoms with van der Waals surface area (Å²) in [4.78, 5) is 17.6. The Morgan fingerprint density at radius 3 is 2.31 bits per heavy atom. The molecule has 0 unspecified atom stereocenters. The number of nitrogens with zero attached hydrogens (tertiary/aromatic N) is 3. The quantitative estimate of drug-likeness (QED) is 0.395. The lowest BCUT2D eigenvalue weighted by Gasteiger charge is -2.19. The minimum atomic E-state index is -3.74. The van der Waals surface area contributed by atoms with Gasteiger partial charge in [0.15, 0.2) is 4.80 Å². The van der Waals surface area contributed by atoms with E-state index in [0.29, 0.717) is 21.4 Å². The zero-order valence-corrected chi connectivity index (χ0v) is 20.4. The van der Waals surface area contributed by atoms with Gasteiger partial charge >= 0.3 is 0 Å². The van der Waals surface area contributed by atoms with Gasteiger partial charge in [-0.3, -0.25) is 4.79 Å². The molecule has 0 saturated heterocycles. The number of thiazole rings is 1. The molecular weight excluding hydrogens is 489 g/mol. The van der Waals surface area contributed by atoms with E-state index in [9.17, 15) is 13.2 Å². The van der Waals surface area contributed by atoms with Crippen molar-refractivity contribution in [2.24, 2.45) is 4.99 Å². The summed E-state index contributed by atoms with van der Waals surface area (Å²) in [5, 5.41) is 0.838. The summed E-state index contributed by atoms with van der Waals surface area (Å²) in [6.45, 7) is 9.96. The summed E-state index contributed by atoms with van der Waals surface area (Å²) < 4.78 is 29.6. The average molecular weight is 510 g/mol. The molecule has 168 valence electrons. The van der Waals surface area contributed by atoms with Gasteiger partial charge < -0.3 is 4.57 Å². The minimum absolute atomic E-state index is 0.0738. The van der Waals surface area contributed by atoms with Crippen LogP contribution in [-0.2, 0) is 16.6 Å². The molecule has 0 atom stereocenters. The molecule has 1 heterocycles. The van der Waals surface area contributed by atoms with E-state index in [0.717, 1.165) is 10.2 Å². The molecule has 2 aromatic carbocycles. The van der Waals surface area contributed by atoms with E-state index < -0.39 is 15.9 Å². The van der Waals surface area contributed by atoms with Crippen LogP contribution in [0, 0.1) is 0 Å². The SMILES string of the molecule is C=CCN(CC=C)S(=O)(=O)c1ccc(C(=O)N=c2sc3ccc(Cl)c(Cl)c3n2CC)cc1. The predicted molar refractivity (Wildman–Crippen MR) is 131 cm³/mol. The lowest BCUT2D eigenvalue weighted by atomic mass is 10.2. The Morgan fingerprint density at radius 2 is 1.75 bits per heavy atom. The molecule has 32 heavy (non-hydrogen) atoms. The number of carbonyl (C=O) groups is 1. The fourth-order valence-corrected chi connectivity index (χ4v) is 6.07. The number of halogens is 2. The number of hydrogen-bond donors (Lipinski definition) is 0. The maximum Gasteiger partial charge on any atom is 0.279 e. The van der Waals surface area contributed by atoms with Crippen LogP contribution in [0.15, 0.2) is 71.6 Å². The van der Waals surface area contributed by atoms with Gasteiger partial charge in [0.2, 0.25) is 10.0 Å². The lowest BCUT2D eigenvalue weighted by Crippen LogP contribution is -2.31. The number of rotatable bonds is 8. The molecule has 0 N–H and O–H groups in total. The molecule has 1 aromatic heterocycles. The van der Waals surface area contributed by atoms with Gasteiger partial charge in [-0.15, -0.1) is 13.2 Å². The fraction of sp³-hybridized carbons (Fsp3) is 0.182. The van der Waals surface area contributed by atoms with Gasteiger partial charge in [0.05, 0.1) is 25.2 Å². The molecule has 6 nitrogen and oxygen atoms in total. The Morgan fingerprint density at radius 1 is 1.12 bits per heavy atom. The molecule has 0 aliphatic rings. The van der Waals surface area contributed by atoms with Gasteiger partial charge in [0.25, 0.3) is 5.91 Å². The number of aromatic nitrogens is 1. The fourth-order valence-electron chi connectivity index (χ4n) is 3.11. The van der Waals surface area contributed by atoms with Crippen molar-refractivity contribution in [2.45, 2.75) is 18.4 Å². The van der Waals surface area contributed by atoms with Crippen LogP contribution < -0.4 is 4.80 Å². The Bertz CT molecular complexity index is 1350. The third-order valence-electron chi connectivity index (χ3n) is 4.65. The zero-order chi connectivity index (χ0) is 23.5. The molecule has 0 aliphatic heterocycles. The maximum absolute atomic E-state index is 12.8. The largest absolute Gasteiger partial charge is 0.315 e. The maximum atomic E-state index is 12.8. The molecule has 0 radical (unpaired) electrons. The molecule has 1 amide bonds. The Hall–Kier alpha value is -2.23. The molecule has 0 aliphatic carbocycles. The van der Waals surface area contributed by atoms with Gasteiger partial charge in [-0.1, -0.05) is 46.7 Å². The van der Waals surface area contributed by atoms with Gasteiger partial charge in [-0.2, -0.15) is 9.30 Å². The molecule has 0 bridgehead atoms. The van der Waals surface area contributed by atoms with Crippen molar-refractivity contribution in [1.82, 2.24) is 8.87 Å². The normalized spacial score (nSPS) is 12.4. The van der Waals surface area contributed by atoms with E-state index >= 15 is 0 Å². The van der Waals surface area contributed by atoms with Gasteiger partial charge in [-0.05, 0) is 43.3 Å². The van der Waals surface area contributed by atoms with E-state index in [-0.39, 0.29) is 23.5 Å². The number of hydrogen-bond acceptors (Lipinski definition) is 4. The summed E-state index contributed by atoms with van der Waals surface area (Å²) in [5.41, 5.74) is 0.997. The number of sulfonamides is 1. The number of fused-ring (bicyclic) bond motifs is 1. The third-order valence-corrected chi connectivity index (χ3v) is 8.34. The highest BCUT2D eigenvalue weighted by atomic mass is 35.5. The molecule has 3 aromatic rings. The van der Waals surface area contributed by atoms with E-state index in [1.807, 2.05) is 17.6 Å². The van der Waals surface area contributed by atoms with Crippen molar-refractivity contribution in [3.8, 4) is 0 Å². The number of benzene rings is 2. The van der Waals surface area contributed by atoms with Gasteiger partial charge in [0, 0.05) is 25.2 Å². The van der Waals surface area contributed by atoms with Gasteiger partial charge in [-0.25, -0.2) is 8.42 Å². The summed E-state index contributed by atoms with van der Waals surface area (Å²) in [6.07, 6.45) is 3.01. The van der Waals surface area contributed by atoms with Crippen LogP contribution in [0.5, 0.6) is 0 Å². The van der Waals surface area contributed by atoms with E-state index in [1.165, 1.54) is 52.1 Å². The second-order valence-electron chi connectivity index (χ2n) is 6.68. The molecule has 10 heteroatoms. The summed E-state index contributed by atoms with van der Waals surface area (Å²) >= 11 is 13.8. The molecular formula is C22H21Cl2N3O3S2. The van der Waals surface area contributed by atoms with Crippen LogP contribution in [0.25, 0.3) is 10.2 Å². The van der Waals surface area contributed by atoms with Crippen LogP contribution in [0.1, 0.15) is 17.3 Å². The molecule has 0 fully saturated rings. The van der Waals surface area contributed by atoms with Crippen LogP contribution in [0.3, 0.4) is 0 Å². The standard InChI is InChI=1S/C22H21Cl2N3O3S2/c1-4-13-26(14-5-2)32(29,30)16-9-7-15(8-10-16)21(28)25-22-27(6-3)20-18(31-22)12-11-17(23)19(20)24/h4-5,7-12H,1-2,6,13-14H2,3H3. The van der Waals surface area contributed by atoms with Crippen molar-refractivity contribution in [2.75, 3.05) is 13.1 Å². The van der Waals surface area contributed by atoms with E-state index in [1.54, 1.807) is 6.07 Å². The highest BCUT2D eigenvalue weighted by molar-refractivity contribution is 7.89. The van der Waals surface area contributed by atoms with Crippen molar-refractivity contribution in [3.05, 3.63) is 82.1 Å². The second-order valence-corrected chi connectivity index (χ2v) is 10.4. The lowest BCUT2D eigenvalue weighted by molar-refractivity contribution is 0.0997. The number of amides is 1. The van der Waals surface area contributed by atoms with Crippen LogP contribution in [0.2, 0.25) is 10.0 Å². The molecule has 3 rings (SSSR count). The minimum Gasteiger partial charge on any atom is -0.315 e. The van der Waals surface area contributed by atoms with Gasteiger partial charge in [0.1, 0.15) is 0 Å². The predicted octanol–water partition coefficient (Wildman–Crippen LogP) is 5.13. The summed E-state index contributed by atoms with van der Waals surface area (Å²) in [6, 6.07) is 9.23. The first kappa shape index (κ1) is 24.4. The first-order valence-corrected chi connectivity index (χ1v) is 12.6. The summed E-state index contributed by atoms with van der Waals surface area (Å²) in [5.74, 6) is -0.487. The second kappa shape index (κ2) is 10.1. The Balaban J connectivity index is 1.98.